The molecule has 2 N–H and O–H groups in total. The van der Waals surface area contributed by atoms with Crippen molar-refractivity contribution in [2.24, 2.45) is 0 Å². The third-order valence-electron chi connectivity index (χ3n) is 4.60. The minimum Gasteiger partial charge on any atom is -0.343 e. The number of hydrogen-bond acceptors (Lipinski definition) is 2. The van der Waals surface area contributed by atoms with Gasteiger partial charge in [0.1, 0.15) is 0 Å². The second-order valence-electron chi connectivity index (χ2n) is 6.49. The molecule has 0 spiro atoms. The lowest BCUT2D eigenvalue weighted by Crippen LogP contribution is -2.39. The van der Waals surface area contributed by atoms with Crippen LogP contribution in [0.2, 0.25) is 0 Å². The van der Waals surface area contributed by atoms with Gasteiger partial charge >= 0.3 is 6.03 Å². The van der Waals surface area contributed by atoms with Crippen LogP contribution < -0.4 is 10.6 Å². The molecule has 0 aliphatic carbocycles. The highest BCUT2D eigenvalue weighted by atomic mass is 16.2. The number of nitrogens with zero attached hydrogens (tertiary/aromatic N) is 1. The highest BCUT2D eigenvalue weighted by Gasteiger charge is 2.19. The van der Waals surface area contributed by atoms with Gasteiger partial charge in [0.2, 0.25) is 5.91 Å². The first-order chi connectivity index (χ1) is 12.7. The maximum Gasteiger partial charge on any atom is 0.315 e. The lowest BCUT2D eigenvalue weighted by atomic mass is 9.99. The number of rotatable bonds is 7. The maximum absolute atomic E-state index is 12.4. The molecule has 0 saturated carbocycles. The summed E-state index contributed by atoms with van der Waals surface area (Å²) in [6, 6.07) is 19.5. The van der Waals surface area contributed by atoms with E-state index < -0.39 is 0 Å². The molecular formula is C21H25N3O2. The largest absolute Gasteiger partial charge is 0.343 e. The maximum atomic E-state index is 12.4. The van der Waals surface area contributed by atoms with E-state index >= 15 is 0 Å². The Bertz CT molecular complexity index is 679. The number of carbonyl (C=O) groups excluding carboxylic acids is 2. The van der Waals surface area contributed by atoms with E-state index in [1.54, 1.807) is 0 Å². The first-order valence-corrected chi connectivity index (χ1v) is 9.16. The summed E-state index contributed by atoms with van der Waals surface area (Å²) in [5.74, 6) is 0.225. The van der Waals surface area contributed by atoms with E-state index in [-0.39, 0.29) is 18.0 Å². The molecule has 2 aromatic rings. The van der Waals surface area contributed by atoms with Crippen LogP contribution in [0.5, 0.6) is 0 Å². The minimum atomic E-state index is -0.199. The molecule has 0 radical (unpaired) electrons. The van der Waals surface area contributed by atoms with E-state index in [4.69, 9.17) is 0 Å². The number of nitrogens with one attached hydrogen (secondary N) is 2. The summed E-state index contributed by atoms with van der Waals surface area (Å²) in [5, 5.41) is 5.96. The predicted octanol–water partition coefficient (Wildman–Crippen LogP) is 3.09. The highest BCUT2D eigenvalue weighted by Crippen LogP contribution is 2.21. The predicted molar refractivity (Wildman–Crippen MR) is 102 cm³/mol. The summed E-state index contributed by atoms with van der Waals surface area (Å²) in [6.07, 6.45) is 2.37. The van der Waals surface area contributed by atoms with Crippen LogP contribution in [0, 0.1) is 0 Å². The van der Waals surface area contributed by atoms with Crippen molar-refractivity contribution in [2.75, 3.05) is 19.6 Å². The average molecular weight is 351 g/mol. The Hall–Kier alpha value is -2.82. The van der Waals surface area contributed by atoms with Crippen LogP contribution in [-0.2, 0) is 4.79 Å². The van der Waals surface area contributed by atoms with Crippen molar-refractivity contribution in [1.29, 1.82) is 0 Å². The molecule has 0 aromatic heterocycles. The molecule has 3 amide bonds. The smallest absolute Gasteiger partial charge is 0.315 e. The lowest BCUT2D eigenvalue weighted by molar-refractivity contribution is -0.127. The van der Waals surface area contributed by atoms with Gasteiger partial charge in [-0.3, -0.25) is 4.79 Å². The second kappa shape index (κ2) is 9.04. The second-order valence-corrected chi connectivity index (χ2v) is 6.49. The van der Waals surface area contributed by atoms with Crippen molar-refractivity contribution in [1.82, 2.24) is 15.5 Å². The molecule has 1 fully saturated rings. The molecule has 0 unspecified atom stereocenters. The van der Waals surface area contributed by atoms with Crippen molar-refractivity contribution >= 4 is 11.9 Å². The number of hydrogen-bond donors (Lipinski definition) is 2. The number of carbonyl (C=O) groups is 2. The highest BCUT2D eigenvalue weighted by molar-refractivity contribution is 5.78. The summed E-state index contributed by atoms with van der Waals surface area (Å²) in [6.45, 7) is 2.10. The number of amides is 3. The Morgan fingerprint density at radius 1 is 1.00 bits per heavy atom. The molecule has 1 saturated heterocycles. The van der Waals surface area contributed by atoms with Crippen molar-refractivity contribution in [3.63, 3.8) is 0 Å². The SMILES string of the molecule is O=C(NCCCN1CCCC1=O)NC(c1ccccc1)c1ccccc1. The Labute approximate surface area is 154 Å². The molecular weight excluding hydrogens is 326 g/mol. The molecule has 0 atom stereocenters. The Kier molecular flexibility index (Phi) is 6.25. The van der Waals surface area contributed by atoms with Crippen LogP contribution in [0.15, 0.2) is 60.7 Å². The molecule has 1 aliphatic rings. The zero-order valence-electron chi connectivity index (χ0n) is 14.9. The van der Waals surface area contributed by atoms with Gasteiger partial charge < -0.3 is 15.5 Å². The summed E-state index contributed by atoms with van der Waals surface area (Å²) in [4.78, 5) is 25.8. The molecule has 5 heteroatoms. The van der Waals surface area contributed by atoms with Crippen LogP contribution in [0.4, 0.5) is 4.79 Å². The van der Waals surface area contributed by atoms with Crippen LogP contribution in [0.3, 0.4) is 0 Å². The van der Waals surface area contributed by atoms with E-state index in [1.165, 1.54) is 0 Å². The first kappa shape index (κ1) is 18.0. The Balaban J connectivity index is 1.53. The first-order valence-electron chi connectivity index (χ1n) is 9.16. The van der Waals surface area contributed by atoms with Gasteiger partial charge in [-0.1, -0.05) is 60.7 Å². The van der Waals surface area contributed by atoms with E-state index in [2.05, 4.69) is 10.6 Å². The van der Waals surface area contributed by atoms with Crippen molar-refractivity contribution in [3.05, 3.63) is 71.8 Å². The van der Waals surface area contributed by atoms with Gasteiger partial charge in [-0.2, -0.15) is 0 Å². The normalized spacial score (nSPS) is 13.9. The van der Waals surface area contributed by atoms with E-state index in [9.17, 15) is 9.59 Å². The van der Waals surface area contributed by atoms with Crippen LogP contribution >= 0.6 is 0 Å². The van der Waals surface area contributed by atoms with Crippen LogP contribution in [-0.4, -0.2) is 36.5 Å². The zero-order valence-corrected chi connectivity index (χ0v) is 14.9. The van der Waals surface area contributed by atoms with Crippen molar-refractivity contribution in [2.45, 2.75) is 25.3 Å². The molecule has 1 heterocycles. The fourth-order valence-electron chi connectivity index (χ4n) is 3.24. The summed E-state index contributed by atoms with van der Waals surface area (Å²) >= 11 is 0. The monoisotopic (exact) mass is 351 g/mol. The number of benzene rings is 2. The lowest BCUT2D eigenvalue weighted by Gasteiger charge is -2.20. The molecule has 2 aromatic carbocycles. The van der Waals surface area contributed by atoms with Crippen LogP contribution in [0.1, 0.15) is 36.4 Å². The fourth-order valence-corrected chi connectivity index (χ4v) is 3.24. The van der Waals surface area contributed by atoms with Gasteiger partial charge in [0.25, 0.3) is 0 Å². The van der Waals surface area contributed by atoms with Crippen molar-refractivity contribution in [3.8, 4) is 0 Å². The minimum absolute atomic E-state index is 0.197. The third-order valence-corrected chi connectivity index (χ3v) is 4.60. The van der Waals surface area contributed by atoms with Gasteiger partial charge in [-0.05, 0) is 24.0 Å². The average Bonchev–Trinajstić information content (AvgIpc) is 3.09. The Morgan fingerprint density at radius 3 is 2.15 bits per heavy atom. The summed E-state index contributed by atoms with van der Waals surface area (Å²) in [7, 11) is 0. The standard InChI is InChI=1S/C21H25N3O2/c25-19-13-7-15-24(19)16-8-14-22-21(26)23-20(17-9-3-1-4-10-17)18-11-5-2-6-12-18/h1-6,9-12,20H,7-8,13-16H2,(H2,22,23,26). The number of urea groups is 1. The van der Waals surface area contributed by atoms with Gasteiger partial charge in [-0.15, -0.1) is 0 Å². The van der Waals surface area contributed by atoms with Crippen molar-refractivity contribution < 1.29 is 9.59 Å². The van der Waals surface area contributed by atoms with E-state index in [0.29, 0.717) is 19.5 Å². The van der Waals surface area contributed by atoms with Crippen LogP contribution in [0.25, 0.3) is 0 Å². The molecule has 26 heavy (non-hydrogen) atoms. The molecule has 136 valence electrons. The van der Waals surface area contributed by atoms with Gasteiger partial charge in [0.05, 0.1) is 6.04 Å². The van der Waals surface area contributed by atoms with E-state index in [1.807, 2.05) is 65.6 Å². The molecule has 1 aliphatic heterocycles. The number of likely N-dealkylation sites (tertiary alicyclic amines) is 1. The van der Waals surface area contributed by atoms with Gasteiger partial charge in [-0.25, -0.2) is 4.79 Å². The third kappa shape index (κ3) is 4.85. The Morgan fingerprint density at radius 2 is 1.62 bits per heavy atom. The molecule has 0 bridgehead atoms. The van der Waals surface area contributed by atoms with Gasteiger partial charge in [0, 0.05) is 26.1 Å². The topological polar surface area (TPSA) is 61.4 Å². The summed E-state index contributed by atoms with van der Waals surface area (Å²) < 4.78 is 0. The summed E-state index contributed by atoms with van der Waals surface area (Å²) in [5.41, 5.74) is 2.08. The zero-order chi connectivity index (χ0) is 18.2. The van der Waals surface area contributed by atoms with E-state index in [0.717, 1.165) is 30.5 Å². The molecule has 3 rings (SSSR count). The van der Waals surface area contributed by atoms with Gasteiger partial charge in [0.15, 0.2) is 0 Å². The quantitative estimate of drug-likeness (QED) is 0.753. The fraction of sp³-hybridized carbons (Fsp3) is 0.333. The molecule has 5 nitrogen and oxygen atoms in total.